The lowest BCUT2D eigenvalue weighted by molar-refractivity contribution is -0.320. The van der Waals surface area contributed by atoms with E-state index >= 15 is 0 Å². The van der Waals surface area contributed by atoms with E-state index in [-0.39, 0.29) is 13.0 Å². The molecule has 0 saturated carbocycles. The number of methoxy groups -OCH3 is 1. The van der Waals surface area contributed by atoms with Crippen LogP contribution in [0.3, 0.4) is 0 Å². The third-order valence-electron chi connectivity index (χ3n) is 5.18. The summed E-state index contributed by atoms with van der Waals surface area (Å²) in [5.74, 6) is 1.02. The molecule has 0 amide bonds. The van der Waals surface area contributed by atoms with Crippen molar-refractivity contribution >= 4 is 6.16 Å². The molecule has 0 aromatic heterocycles. The highest BCUT2D eigenvalue weighted by molar-refractivity contribution is 5.59. The lowest BCUT2D eigenvalue weighted by Crippen LogP contribution is -2.69. The van der Waals surface area contributed by atoms with Crippen molar-refractivity contribution in [3.8, 4) is 11.5 Å². The molecule has 174 valence electrons. The lowest BCUT2D eigenvalue weighted by Gasteiger charge is -2.47. The molecule has 9 heteroatoms. The number of hydrogen-bond donors (Lipinski definition) is 3. The van der Waals surface area contributed by atoms with Crippen molar-refractivity contribution in [2.75, 3.05) is 20.3 Å². The molecule has 3 N–H and O–H groups in total. The maximum Gasteiger partial charge on any atom is 0.508 e. The van der Waals surface area contributed by atoms with Crippen LogP contribution in [0.25, 0.3) is 0 Å². The van der Waals surface area contributed by atoms with Crippen LogP contribution in [0, 0.1) is 0 Å². The Morgan fingerprint density at radius 2 is 1.72 bits per heavy atom. The molecule has 2 aromatic carbocycles. The summed E-state index contributed by atoms with van der Waals surface area (Å²) in [6.45, 7) is 1.35. The number of carbonyl (C=O) groups is 1. The molecule has 0 bridgehead atoms. The number of hydrogen-bond acceptors (Lipinski definition) is 9. The summed E-state index contributed by atoms with van der Waals surface area (Å²) < 4.78 is 26.4. The first-order valence-electron chi connectivity index (χ1n) is 10.3. The summed E-state index contributed by atoms with van der Waals surface area (Å²) >= 11 is 0. The Hall–Kier alpha value is -2.85. The number of para-hydroxylation sites is 1. The number of benzene rings is 2. The fourth-order valence-corrected chi connectivity index (χ4v) is 3.45. The second-order valence-corrected chi connectivity index (χ2v) is 7.38. The van der Waals surface area contributed by atoms with Crippen molar-refractivity contribution in [1.29, 1.82) is 0 Å². The van der Waals surface area contributed by atoms with Crippen LogP contribution in [0.4, 0.5) is 4.79 Å². The summed E-state index contributed by atoms with van der Waals surface area (Å²) in [6, 6.07) is 15.5. The second kappa shape index (κ2) is 10.6. The van der Waals surface area contributed by atoms with Gasteiger partial charge in [-0.1, -0.05) is 30.3 Å². The molecule has 32 heavy (non-hydrogen) atoms. The van der Waals surface area contributed by atoms with Crippen molar-refractivity contribution in [1.82, 2.24) is 0 Å². The van der Waals surface area contributed by atoms with Gasteiger partial charge >= 0.3 is 6.16 Å². The van der Waals surface area contributed by atoms with Crippen LogP contribution < -0.4 is 9.47 Å². The molecule has 0 spiro atoms. The van der Waals surface area contributed by atoms with Crippen molar-refractivity contribution in [2.45, 2.75) is 43.5 Å². The van der Waals surface area contributed by atoms with E-state index in [0.29, 0.717) is 17.1 Å². The van der Waals surface area contributed by atoms with Gasteiger partial charge in [0.15, 0.2) is 5.60 Å². The van der Waals surface area contributed by atoms with Crippen molar-refractivity contribution in [3.05, 3.63) is 60.2 Å². The number of carbonyl (C=O) groups excluding carboxylic acids is 1. The molecule has 0 radical (unpaired) electrons. The summed E-state index contributed by atoms with van der Waals surface area (Å²) in [5.41, 5.74) is -1.35. The predicted molar refractivity (Wildman–Crippen MR) is 112 cm³/mol. The van der Waals surface area contributed by atoms with Crippen LogP contribution in [0.1, 0.15) is 12.5 Å². The molecule has 1 aliphatic heterocycles. The second-order valence-electron chi connectivity index (χ2n) is 7.38. The van der Waals surface area contributed by atoms with E-state index in [9.17, 15) is 20.1 Å². The molecule has 5 atom stereocenters. The van der Waals surface area contributed by atoms with Crippen LogP contribution in [-0.2, 0) is 20.6 Å². The van der Waals surface area contributed by atoms with Gasteiger partial charge in [-0.2, -0.15) is 0 Å². The van der Waals surface area contributed by atoms with Crippen LogP contribution in [0.5, 0.6) is 11.5 Å². The maximum atomic E-state index is 11.5. The van der Waals surface area contributed by atoms with Gasteiger partial charge in [0.1, 0.15) is 36.4 Å². The minimum atomic E-state index is -2.01. The van der Waals surface area contributed by atoms with E-state index in [1.165, 1.54) is 0 Å². The highest BCUT2D eigenvalue weighted by atomic mass is 16.7. The maximum absolute atomic E-state index is 11.5. The monoisotopic (exact) mass is 448 g/mol. The zero-order chi connectivity index (χ0) is 23.1. The molecule has 1 fully saturated rings. The molecule has 2 aromatic rings. The molecule has 0 aliphatic carbocycles. The van der Waals surface area contributed by atoms with E-state index in [1.54, 1.807) is 68.6 Å². The Kier molecular flexibility index (Phi) is 7.92. The summed E-state index contributed by atoms with van der Waals surface area (Å²) in [7, 11) is 1.54. The van der Waals surface area contributed by atoms with Gasteiger partial charge in [0.25, 0.3) is 0 Å². The third kappa shape index (κ3) is 5.49. The topological polar surface area (TPSA) is 124 Å². The molecule has 1 heterocycles. The molecular formula is C23H28O9. The summed E-state index contributed by atoms with van der Waals surface area (Å²) in [4.78, 5) is 11.5. The van der Waals surface area contributed by atoms with Crippen molar-refractivity contribution in [3.63, 3.8) is 0 Å². The summed E-state index contributed by atoms with van der Waals surface area (Å²) in [5, 5.41) is 33.0. The van der Waals surface area contributed by atoms with E-state index in [0.717, 1.165) is 0 Å². The van der Waals surface area contributed by atoms with Crippen molar-refractivity contribution < 1.29 is 43.8 Å². The highest BCUT2D eigenvalue weighted by Gasteiger charge is 2.56. The first-order valence-corrected chi connectivity index (χ1v) is 10.3. The average molecular weight is 448 g/mol. The van der Waals surface area contributed by atoms with E-state index in [4.69, 9.17) is 23.7 Å². The zero-order valence-electron chi connectivity index (χ0n) is 17.9. The Morgan fingerprint density at radius 1 is 1.03 bits per heavy atom. The quantitative estimate of drug-likeness (QED) is 0.517. The van der Waals surface area contributed by atoms with Gasteiger partial charge < -0.3 is 39.0 Å². The number of rotatable bonds is 8. The van der Waals surface area contributed by atoms with E-state index in [2.05, 4.69) is 0 Å². The van der Waals surface area contributed by atoms with E-state index in [1.807, 2.05) is 0 Å². The number of ether oxygens (including phenoxy) is 5. The number of aliphatic hydroxyl groups is 3. The molecule has 1 saturated heterocycles. The first-order chi connectivity index (χ1) is 15.4. The predicted octanol–water partition coefficient (Wildman–Crippen LogP) is 1.67. The standard InChI is InChI=1S/C23H28O9/c1-3-29-22(26)30-14-18-19(24)20(25)23(27,13-15-9-11-16(28-2)12-10-15)21(32-18)31-17-7-5-4-6-8-17/h4-12,18-21,24-25,27H,3,13-14H2,1-2H3/t18-,19-,20+,21-,23-/m1/s1. The van der Waals surface area contributed by atoms with Gasteiger partial charge in [-0.05, 0) is 36.8 Å². The minimum absolute atomic E-state index is 0.0851. The average Bonchev–Trinajstić information content (AvgIpc) is 2.80. The fourth-order valence-electron chi connectivity index (χ4n) is 3.45. The van der Waals surface area contributed by atoms with Gasteiger partial charge in [0.2, 0.25) is 6.29 Å². The largest absolute Gasteiger partial charge is 0.508 e. The lowest BCUT2D eigenvalue weighted by atomic mass is 9.81. The van der Waals surface area contributed by atoms with Gasteiger partial charge in [-0.3, -0.25) is 0 Å². The SMILES string of the molecule is CCOC(=O)OC[C@H]1O[C@@H](Oc2ccccc2)[C@@](O)(Cc2ccc(OC)cc2)[C@@H](O)[C@@H]1O. The first kappa shape index (κ1) is 23.8. The third-order valence-corrected chi connectivity index (χ3v) is 5.18. The Balaban J connectivity index is 1.84. The van der Waals surface area contributed by atoms with Crippen LogP contribution >= 0.6 is 0 Å². The summed E-state index contributed by atoms with van der Waals surface area (Å²) in [6.07, 6.45) is -6.76. The molecular weight excluding hydrogens is 420 g/mol. The van der Waals surface area contributed by atoms with Crippen LogP contribution in [-0.4, -0.2) is 72.0 Å². The van der Waals surface area contributed by atoms with Gasteiger partial charge in [0.05, 0.1) is 13.7 Å². The molecule has 0 unspecified atom stereocenters. The molecule has 1 aliphatic rings. The smallest absolute Gasteiger partial charge is 0.497 e. The fraction of sp³-hybridized carbons (Fsp3) is 0.435. The van der Waals surface area contributed by atoms with E-state index < -0.39 is 43.0 Å². The van der Waals surface area contributed by atoms with Gasteiger partial charge in [0, 0.05) is 6.42 Å². The normalized spacial score (nSPS) is 27.4. The molecule has 3 rings (SSSR count). The Morgan fingerprint density at radius 3 is 2.34 bits per heavy atom. The Labute approximate surface area is 186 Å². The highest BCUT2D eigenvalue weighted by Crippen LogP contribution is 2.35. The number of aliphatic hydroxyl groups excluding tert-OH is 2. The van der Waals surface area contributed by atoms with Gasteiger partial charge in [-0.15, -0.1) is 0 Å². The Bertz CT molecular complexity index is 858. The van der Waals surface area contributed by atoms with Crippen LogP contribution in [0.2, 0.25) is 0 Å². The molecule has 9 nitrogen and oxygen atoms in total. The van der Waals surface area contributed by atoms with Crippen molar-refractivity contribution in [2.24, 2.45) is 0 Å². The van der Waals surface area contributed by atoms with Crippen LogP contribution in [0.15, 0.2) is 54.6 Å². The zero-order valence-corrected chi connectivity index (χ0v) is 17.9. The van der Waals surface area contributed by atoms with Gasteiger partial charge in [-0.25, -0.2) is 4.79 Å². The minimum Gasteiger partial charge on any atom is -0.497 e.